The minimum Gasteiger partial charge on any atom is -0.497 e. The van der Waals surface area contributed by atoms with E-state index in [1.54, 1.807) is 7.11 Å². The number of piperazine rings is 1. The Hall–Kier alpha value is -2.69. The maximum Gasteiger partial charge on any atom is 0.125 e. The van der Waals surface area contributed by atoms with Gasteiger partial charge in [-0.25, -0.2) is 0 Å². The van der Waals surface area contributed by atoms with Gasteiger partial charge in [-0.15, -0.1) is 0 Å². The Labute approximate surface area is 196 Å². The molecule has 0 saturated carbocycles. The van der Waals surface area contributed by atoms with Gasteiger partial charge in [0.05, 0.1) is 17.8 Å². The summed E-state index contributed by atoms with van der Waals surface area (Å²) in [5.41, 5.74) is 3.63. The molecular weight excluding hydrogens is 420 g/mol. The molecule has 0 amide bonds. The minimum absolute atomic E-state index is 0.00935. The number of hydrogen-bond acceptors (Lipinski definition) is 4. The summed E-state index contributed by atoms with van der Waals surface area (Å²) in [6.07, 6.45) is 0.915. The van der Waals surface area contributed by atoms with Gasteiger partial charge in [0.15, 0.2) is 0 Å². The van der Waals surface area contributed by atoms with Crippen molar-refractivity contribution in [2.24, 2.45) is 0 Å². The van der Waals surface area contributed by atoms with Crippen molar-refractivity contribution in [2.75, 3.05) is 44.7 Å². The van der Waals surface area contributed by atoms with Crippen LogP contribution in [-0.4, -0.2) is 44.7 Å². The first-order chi connectivity index (χ1) is 15.6. The van der Waals surface area contributed by atoms with E-state index in [1.165, 1.54) is 11.1 Å². The Morgan fingerprint density at radius 3 is 2.34 bits per heavy atom. The van der Waals surface area contributed by atoms with Gasteiger partial charge in [0, 0.05) is 45.2 Å². The third-order valence-electron chi connectivity index (χ3n) is 6.13. The van der Waals surface area contributed by atoms with Crippen LogP contribution in [0.5, 0.6) is 11.5 Å². The van der Waals surface area contributed by atoms with E-state index in [-0.39, 0.29) is 6.10 Å². The SMILES string of the molecule is COc1cccc(OC(CCN2CCN(c3ccccc3Cl)CC2)c2ccccc2C)c1. The smallest absolute Gasteiger partial charge is 0.125 e. The van der Waals surface area contributed by atoms with Crippen LogP contribution in [0.4, 0.5) is 5.69 Å². The minimum atomic E-state index is -0.00935. The Kier molecular flexibility index (Phi) is 7.56. The lowest BCUT2D eigenvalue weighted by Gasteiger charge is -2.37. The fraction of sp³-hybridized carbons (Fsp3) is 0.333. The van der Waals surface area contributed by atoms with Crippen LogP contribution in [0.1, 0.15) is 23.7 Å². The van der Waals surface area contributed by atoms with Crippen LogP contribution in [-0.2, 0) is 0 Å². The number of benzene rings is 3. The van der Waals surface area contributed by atoms with E-state index >= 15 is 0 Å². The zero-order chi connectivity index (χ0) is 22.3. The number of methoxy groups -OCH3 is 1. The Balaban J connectivity index is 1.41. The second-order valence-electron chi connectivity index (χ2n) is 8.21. The monoisotopic (exact) mass is 450 g/mol. The fourth-order valence-corrected chi connectivity index (χ4v) is 4.54. The van der Waals surface area contributed by atoms with E-state index in [1.807, 2.05) is 36.4 Å². The molecule has 168 valence electrons. The van der Waals surface area contributed by atoms with E-state index in [0.717, 1.165) is 61.4 Å². The molecule has 1 atom stereocenters. The van der Waals surface area contributed by atoms with Crippen molar-refractivity contribution >= 4 is 17.3 Å². The zero-order valence-electron chi connectivity index (χ0n) is 18.8. The highest BCUT2D eigenvalue weighted by atomic mass is 35.5. The van der Waals surface area contributed by atoms with Crippen LogP contribution < -0.4 is 14.4 Å². The Morgan fingerprint density at radius 1 is 0.875 bits per heavy atom. The highest BCUT2D eigenvalue weighted by Gasteiger charge is 2.22. The molecule has 4 rings (SSSR count). The largest absolute Gasteiger partial charge is 0.497 e. The molecule has 1 aliphatic rings. The maximum absolute atomic E-state index is 6.49. The van der Waals surface area contributed by atoms with Crippen molar-refractivity contribution in [1.82, 2.24) is 4.90 Å². The van der Waals surface area contributed by atoms with Crippen molar-refractivity contribution in [3.63, 3.8) is 0 Å². The van der Waals surface area contributed by atoms with Gasteiger partial charge in [-0.05, 0) is 42.3 Å². The predicted octanol–water partition coefficient (Wildman–Crippen LogP) is 5.99. The lowest BCUT2D eigenvalue weighted by atomic mass is 10.0. The zero-order valence-corrected chi connectivity index (χ0v) is 19.6. The molecule has 0 aliphatic carbocycles. The first-order valence-corrected chi connectivity index (χ1v) is 11.6. The standard InChI is InChI=1S/C27H31ClN2O2/c1-21-8-3-4-11-24(21)27(32-23-10-7-9-22(20-23)31-2)14-15-29-16-18-30(19-17-29)26-13-6-5-12-25(26)28/h3-13,20,27H,14-19H2,1-2H3. The van der Waals surface area contributed by atoms with E-state index in [2.05, 4.69) is 53.1 Å². The van der Waals surface area contributed by atoms with Gasteiger partial charge in [-0.3, -0.25) is 4.90 Å². The predicted molar refractivity (Wildman–Crippen MR) is 132 cm³/mol. The van der Waals surface area contributed by atoms with Gasteiger partial charge in [0.2, 0.25) is 0 Å². The van der Waals surface area contributed by atoms with Crippen molar-refractivity contribution in [3.8, 4) is 11.5 Å². The summed E-state index contributed by atoms with van der Waals surface area (Å²) in [5.74, 6) is 1.64. The lowest BCUT2D eigenvalue weighted by molar-refractivity contribution is 0.159. The topological polar surface area (TPSA) is 24.9 Å². The molecule has 1 unspecified atom stereocenters. The van der Waals surface area contributed by atoms with Gasteiger partial charge in [-0.2, -0.15) is 0 Å². The molecular formula is C27H31ClN2O2. The molecule has 0 spiro atoms. The first-order valence-electron chi connectivity index (χ1n) is 11.2. The van der Waals surface area contributed by atoms with Crippen LogP contribution in [0.3, 0.4) is 0 Å². The molecule has 1 fully saturated rings. The second-order valence-corrected chi connectivity index (χ2v) is 8.62. The number of rotatable bonds is 8. The molecule has 0 aromatic heterocycles. The number of ether oxygens (including phenoxy) is 2. The molecule has 0 radical (unpaired) electrons. The molecule has 5 heteroatoms. The lowest BCUT2D eigenvalue weighted by Crippen LogP contribution is -2.47. The van der Waals surface area contributed by atoms with Crippen LogP contribution in [0, 0.1) is 6.92 Å². The number of hydrogen-bond donors (Lipinski definition) is 0. The Bertz CT molecular complexity index is 1020. The van der Waals surface area contributed by atoms with Gasteiger partial charge >= 0.3 is 0 Å². The number of aryl methyl sites for hydroxylation is 1. The molecule has 3 aromatic carbocycles. The summed E-state index contributed by atoms with van der Waals surface area (Å²) in [6, 6.07) is 24.5. The highest BCUT2D eigenvalue weighted by Crippen LogP contribution is 2.30. The normalized spacial score (nSPS) is 15.4. The summed E-state index contributed by atoms with van der Waals surface area (Å²) in [5, 5.41) is 0.826. The van der Waals surface area contributed by atoms with Gasteiger partial charge in [0.25, 0.3) is 0 Å². The van der Waals surface area contributed by atoms with Gasteiger partial charge < -0.3 is 14.4 Å². The summed E-state index contributed by atoms with van der Waals surface area (Å²) < 4.78 is 11.9. The van der Waals surface area contributed by atoms with E-state index in [9.17, 15) is 0 Å². The molecule has 3 aromatic rings. The van der Waals surface area contributed by atoms with Crippen molar-refractivity contribution in [3.05, 3.63) is 88.9 Å². The molecule has 0 bridgehead atoms. The number of halogens is 1. The molecule has 4 nitrogen and oxygen atoms in total. The average Bonchev–Trinajstić information content (AvgIpc) is 2.83. The fourth-order valence-electron chi connectivity index (χ4n) is 4.29. The average molecular weight is 451 g/mol. The molecule has 1 saturated heterocycles. The first kappa shape index (κ1) is 22.5. The summed E-state index contributed by atoms with van der Waals surface area (Å²) in [4.78, 5) is 4.90. The van der Waals surface area contributed by atoms with E-state index in [4.69, 9.17) is 21.1 Å². The summed E-state index contributed by atoms with van der Waals surface area (Å²) in [7, 11) is 1.68. The number of anilines is 1. The Morgan fingerprint density at radius 2 is 1.59 bits per heavy atom. The molecule has 1 aliphatic heterocycles. The summed E-state index contributed by atoms with van der Waals surface area (Å²) in [6.45, 7) is 7.14. The number of para-hydroxylation sites is 1. The molecule has 1 heterocycles. The van der Waals surface area contributed by atoms with Crippen LogP contribution in [0.2, 0.25) is 5.02 Å². The maximum atomic E-state index is 6.49. The van der Waals surface area contributed by atoms with Crippen molar-refractivity contribution in [1.29, 1.82) is 0 Å². The van der Waals surface area contributed by atoms with E-state index < -0.39 is 0 Å². The molecule has 32 heavy (non-hydrogen) atoms. The van der Waals surface area contributed by atoms with Gasteiger partial charge in [0.1, 0.15) is 17.6 Å². The van der Waals surface area contributed by atoms with Crippen molar-refractivity contribution in [2.45, 2.75) is 19.4 Å². The quantitative estimate of drug-likeness (QED) is 0.421. The van der Waals surface area contributed by atoms with Crippen molar-refractivity contribution < 1.29 is 9.47 Å². The number of nitrogens with zero attached hydrogens (tertiary/aromatic N) is 2. The molecule has 0 N–H and O–H groups in total. The second kappa shape index (κ2) is 10.8. The van der Waals surface area contributed by atoms with Crippen LogP contribution in [0.15, 0.2) is 72.8 Å². The third kappa shape index (κ3) is 5.56. The highest BCUT2D eigenvalue weighted by molar-refractivity contribution is 6.33. The van der Waals surface area contributed by atoms with Gasteiger partial charge in [-0.1, -0.05) is 54.1 Å². The third-order valence-corrected chi connectivity index (χ3v) is 6.45. The van der Waals surface area contributed by atoms with E-state index in [0.29, 0.717) is 0 Å². The van der Waals surface area contributed by atoms with Crippen LogP contribution in [0.25, 0.3) is 0 Å². The summed E-state index contributed by atoms with van der Waals surface area (Å²) >= 11 is 6.40. The van der Waals surface area contributed by atoms with Crippen LogP contribution >= 0.6 is 11.6 Å².